The Morgan fingerprint density at radius 2 is 2.06 bits per heavy atom. The van der Waals surface area contributed by atoms with E-state index in [4.69, 9.17) is 9.47 Å². The summed E-state index contributed by atoms with van der Waals surface area (Å²) in [6.45, 7) is 6.11. The largest absolute Gasteiger partial charge is 0.347 e. The van der Waals surface area contributed by atoms with E-state index < -0.39 is 0 Å². The van der Waals surface area contributed by atoms with Gasteiger partial charge in [-0.05, 0) is 26.2 Å². The van der Waals surface area contributed by atoms with Crippen LogP contribution in [0.25, 0.3) is 0 Å². The molecule has 0 bridgehead atoms. The van der Waals surface area contributed by atoms with Gasteiger partial charge in [-0.3, -0.25) is 0 Å². The van der Waals surface area contributed by atoms with E-state index in [1.54, 1.807) is 0 Å². The molecule has 2 atom stereocenters. The molecule has 1 spiro atoms. The predicted molar refractivity (Wildman–Crippen MR) is 64.4 cm³/mol. The number of ether oxygens (including phenoxy) is 2. The van der Waals surface area contributed by atoms with Crippen LogP contribution in [0.2, 0.25) is 0 Å². The van der Waals surface area contributed by atoms with Gasteiger partial charge in [-0.2, -0.15) is 0 Å². The van der Waals surface area contributed by atoms with Crippen molar-refractivity contribution in [1.29, 1.82) is 0 Å². The molecule has 1 N–H and O–H groups in total. The van der Waals surface area contributed by atoms with Crippen molar-refractivity contribution in [2.24, 2.45) is 0 Å². The standard InChI is InChI=1S/C13H25NO2/c1-3-11(2)14-9-12-10-15-13(16-12)7-5-4-6-8-13/h11-12,14H,3-10H2,1-2H3. The lowest BCUT2D eigenvalue weighted by molar-refractivity contribution is -0.186. The summed E-state index contributed by atoms with van der Waals surface area (Å²) in [5.74, 6) is -0.208. The fraction of sp³-hybridized carbons (Fsp3) is 1.00. The molecular formula is C13H25NO2. The molecule has 1 aliphatic heterocycles. The van der Waals surface area contributed by atoms with Crippen LogP contribution in [0.5, 0.6) is 0 Å². The zero-order chi connectivity index (χ0) is 11.4. The van der Waals surface area contributed by atoms with Gasteiger partial charge >= 0.3 is 0 Å². The zero-order valence-corrected chi connectivity index (χ0v) is 10.6. The van der Waals surface area contributed by atoms with Gasteiger partial charge in [0.15, 0.2) is 5.79 Å². The lowest BCUT2D eigenvalue weighted by atomic mass is 9.94. The molecule has 1 saturated carbocycles. The quantitative estimate of drug-likeness (QED) is 0.800. The molecule has 0 radical (unpaired) electrons. The average Bonchev–Trinajstić information content (AvgIpc) is 2.70. The summed E-state index contributed by atoms with van der Waals surface area (Å²) in [4.78, 5) is 0. The molecule has 0 aromatic rings. The number of nitrogens with one attached hydrogen (secondary N) is 1. The maximum Gasteiger partial charge on any atom is 0.168 e. The van der Waals surface area contributed by atoms with Crippen LogP contribution in [0.1, 0.15) is 52.4 Å². The highest BCUT2D eigenvalue weighted by molar-refractivity contribution is 4.83. The molecule has 0 amide bonds. The van der Waals surface area contributed by atoms with Crippen LogP contribution in [0.4, 0.5) is 0 Å². The predicted octanol–water partition coefficient (Wildman–Crippen LogP) is 2.45. The molecule has 2 fully saturated rings. The molecule has 1 heterocycles. The van der Waals surface area contributed by atoms with Crippen molar-refractivity contribution < 1.29 is 9.47 Å². The second-order valence-corrected chi connectivity index (χ2v) is 5.24. The van der Waals surface area contributed by atoms with Gasteiger partial charge in [-0.25, -0.2) is 0 Å². The molecule has 16 heavy (non-hydrogen) atoms. The lowest BCUT2D eigenvalue weighted by Gasteiger charge is -2.31. The Bertz CT molecular complexity index is 214. The molecule has 3 nitrogen and oxygen atoms in total. The first kappa shape index (κ1) is 12.3. The average molecular weight is 227 g/mol. The molecule has 0 aromatic heterocycles. The highest BCUT2D eigenvalue weighted by atomic mass is 16.7. The molecule has 3 heteroatoms. The van der Waals surface area contributed by atoms with Gasteiger partial charge in [0, 0.05) is 25.4 Å². The highest BCUT2D eigenvalue weighted by Gasteiger charge is 2.41. The fourth-order valence-corrected chi connectivity index (χ4v) is 2.55. The fourth-order valence-electron chi connectivity index (χ4n) is 2.55. The molecular weight excluding hydrogens is 202 g/mol. The van der Waals surface area contributed by atoms with Crippen molar-refractivity contribution in [3.63, 3.8) is 0 Å². The van der Waals surface area contributed by atoms with E-state index in [0.29, 0.717) is 6.04 Å². The van der Waals surface area contributed by atoms with Crippen molar-refractivity contribution in [2.45, 2.75) is 70.3 Å². The normalized spacial score (nSPS) is 30.8. The molecule has 1 saturated heterocycles. The molecule has 0 aromatic carbocycles. The summed E-state index contributed by atoms with van der Waals surface area (Å²) in [6.07, 6.45) is 7.45. The SMILES string of the molecule is CCC(C)NCC1COC2(CCCCC2)O1. The Balaban J connectivity index is 1.74. The first-order valence-electron chi connectivity index (χ1n) is 6.79. The van der Waals surface area contributed by atoms with Gasteiger partial charge in [-0.1, -0.05) is 13.3 Å². The second-order valence-electron chi connectivity index (χ2n) is 5.24. The van der Waals surface area contributed by atoms with Crippen molar-refractivity contribution in [3.8, 4) is 0 Å². The van der Waals surface area contributed by atoms with Crippen LogP contribution in [-0.2, 0) is 9.47 Å². The Hall–Kier alpha value is -0.120. The summed E-state index contributed by atoms with van der Waals surface area (Å²) in [7, 11) is 0. The summed E-state index contributed by atoms with van der Waals surface area (Å²) < 4.78 is 12.0. The maximum atomic E-state index is 6.10. The van der Waals surface area contributed by atoms with Crippen LogP contribution in [0, 0.1) is 0 Å². The third kappa shape index (κ3) is 2.96. The monoisotopic (exact) mass is 227 g/mol. The maximum absolute atomic E-state index is 6.10. The minimum atomic E-state index is -0.208. The van der Waals surface area contributed by atoms with E-state index in [1.165, 1.54) is 25.7 Å². The number of rotatable bonds is 4. The highest BCUT2D eigenvalue weighted by Crippen LogP contribution is 2.37. The molecule has 2 rings (SSSR count). The van der Waals surface area contributed by atoms with Gasteiger partial charge < -0.3 is 14.8 Å². The van der Waals surface area contributed by atoms with E-state index in [1.807, 2.05) is 0 Å². The lowest BCUT2D eigenvalue weighted by Crippen LogP contribution is -2.37. The van der Waals surface area contributed by atoms with Crippen LogP contribution in [0.15, 0.2) is 0 Å². The van der Waals surface area contributed by atoms with Gasteiger partial charge in [-0.15, -0.1) is 0 Å². The minimum Gasteiger partial charge on any atom is -0.347 e. The van der Waals surface area contributed by atoms with Crippen molar-refractivity contribution in [1.82, 2.24) is 5.32 Å². The van der Waals surface area contributed by atoms with E-state index in [2.05, 4.69) is 19.2 Å². The second kappa shape index (κ2) is 5.48. The summed E-state index contributed by atoms with van der Waals surface area (Å²) in [5, 5.41) is 3.49. The van der Waals surface area contributed by atoms with E-state index >= 15 is 0 Å². The Kier molecular flexibility index (Phi) is 4.22. The van der Waals surface area contributed by atoms with Gasteiger partial charge in [0.25, 0.3) is 0 Å². The summed E-state index contributed by atoms with van der Waals surface area (Å²) >= 11 is 0. The minimum absolute atomic E-state index is 0.208. The van der Waals surface area contributed by atoms with Gasteiger partial charge in [0.1, 0.15) is 0 Å². The number of hydrogen-bond acceptors (Lipinski definition) is 3. The number of hydrogen-bond donors (Lipinski definition) is 1. The van der Waals surface area contributed by atoms with E-state index in [-0.39, 0.29) is 11.9 Å². The van der Waals surface area contributed by atoms with Crippen molar-refractivity contribution in [2.75, 3.05) is 13.2 Å². The van der Waals surface area contributed by atoms with E-state index in [0.717, 1.165) is 26.0 Å². The Labute approximate surface area is 98.9 Å². The van der Waals surface area contributed by atoms with Crippen molar-refractivity contribution >= 4 is 0 Å². The molecule has 2 unspecified atom stereocenters. The topological polar surface area (TPSA) is 30.5 Å². The van der Waals surface area contributed by atoms with Crippen LogP contribution >= 0.6 is 0 Å². The van der Waals surface area contributed by atoms with E-state index in [9.17, 15) is 0 Å². The van der Waals surface area contributed by atoms with Crippen molar-refractivity contribution in [3.05, 3.63) is 0 Å². The van der Waals surface area contributed by atoms with Crippen LogP contribution in [-0.4, -0.2) is 31.1 Å². The summed E-state index contributed by atoms with van der Waals surface area (Å²) in [5.41, 5.74) is 0. The first-order valence-corrected chi connectivity index (χ1v) is 6.79. The zero-order valence-electron chi connectivity index (χ0n) is 10.6. The molecule has 1 aliphatic carbocycles. The van der Waals surface area contributed by atoms with Gasteiger partial charge in [0.05, 0.1) is 12.7 Å². The smallest absolute Gasteiger partial charge is 0.168 e. The third-order valence-electron chi connectivity index (χ3n) is 3.84. The molecule has 2 aliphatic rings. The Morgan fingerprint density at radius 1 is 1.31 bits per heavy atom. The summed E-state index contributed by atoms with van der Waals surface area (Å²) in [6, 6.07) is 0.575. The van der Waals surface area contributed by atoms with Gasteiger partial charge in [0.2, 0.25) is 0 Å². The Morgan fingerprint density at radius 3 is 2.75 bits per heavy atom. The molecule has 94 valence electrons. The van der Waals surface area contributed by atoms with Crippen LogP contribution < -0.4 is 5.32 Å². The van der Waals surface area contributed by atoms with Crippen LogP contribution in [0.3, 0.4) is 0 Å². The third-order valence-corrected chi connectivity index (χ3v) is 3.84. The first-order chi connectivity index (χ1) is 7.74.